The van der Waals surface area contributed by atoms with Crippen LogP contribution in [0.1, 0.15) is 31.7 Å². The van der Waals surface area contributed by atoms with E-state index in [9.17, 15) is 4.79 Å². The number of nitrogens with one attached hydrogen (secondary N) is 1. The lowest BCUT2D eigenvalue weighted by Gasteiger charge is -2.05. The Morgan fingerprint density at radius 1 is 1.21 bits per heavy atom. The molecule has 2 nitrogen and oxygen atoms in total. The molecule has 2 heteroatoms. The van der Waals surface area contributed by atoms with Crippen LogP contribution >= 0.6 is 0 Å². The highest BCUT2D eigenvalue weighted by molar-refractivity contribution is 5.79. The smallest absolute Gasteiger partial charge is 0.220 e. The van der Waals surface area contributed by atoms with Crippen molar-refractivity contribution in [2.24, 2.45) is 0 Å². The normalized spacial score (nSPS) is 19.6. The summed E-state index contributed by atoms with van der Waals surface area (Å²) in [4.78, 5) is 10.9. The minimum absolute atomic E-state index is 0.170. The first-order chi connectivity index (χ1) is 6.86. The van der Waals surface area contributed by atoms with Crippen LogP contribution in [0.2, 0.25) is 0 Å². The molecule has 76 valence electrons. The number of benzene rings is 1. The maximum atomic E-state index is 10.9. The van der Waals surface area contributed by atoms with Crippen molar-refractivity contribution in [2.75, 3.05) is 6.54 Å². The number of amides is 1. The van der Waals surface area contributed by atoms with Gasteiger partial charge in [0.1, 0.15) is 0 Å². The van der Waals surface area contributed by atoms with Crippen molar-refractivity contribution in [2.45, 2.75) is 26.2 Å². The predicted molar refractivity (Wildman–Crippen MR) is 58.2 cm³/mol. The van der Waals surface area contributed by atoms with Crippen molar-refractivity contribution < 1.29 is 4.79 Å². The number of hydrogen-bond donors (Lipinski definition) is 1. The lowest BCUT2D eigenvalue weighted by molar-refractivity contribution is -0.119. The molecule has 1 saturated heterocycles. The molecule has 1 aliphatic heterocycles. The zero-order valence-corrected chi connectivity index (χ0v) is 8.79. The average molecular weight is 191 g/mol. The number of rotatable bonds is 1. The van der Waals surface area contributed by atoms with Crippen LogP contribution in [0.5, 0.6) is 0 Å². The van der Waals surface area contributed by atoms with E-state index in [2.05, 4.69) is 17.4 Å². The van der Waals surface area contributed by atoms with E-state index in [1.165, 1.54) is 5.56 Å². The second-order valence-electron chi connectivity index (χ2n) is 3.12. The molecule has 0 spiro atoms. The lowest BCUT2D eigenvalue weighted by Crippen LogP contribution is -2.13. The molecule has 0 unspecified atom stereocenters. The van der Waals surface area contributed by atoms with Gasteiger partial charge < -0.3 is 5.32 Å². The highest BCUT2D eigenvalue weighted by Gasteiger charge is 2.22. The fraction of sp³-hybridized carbons (Fsp3) is 0.417. The van der Waals surface area contributed by atoms with E-state index < -0.39 is 0 Å². The van der Waals surface area contributed by atoms with E-state index in [0.29, 0.717) is 12.3 Å². The molecule has 1 aromatic carbocycles. The van der Waals surface area contributed by atoms with Crippen LogP contribution in [0.15, 0.2) is 30.3 Å². The van der Waals surface area contributed by atoms with Crippen LogP contribution in [-0.4, -0.2) is 12.5 Å². The van der Waals surface area contributed by atoms with E-state index in [-0.39, 0.29) is 5.91 Å². The van der Waals surface area contributed by atoms with Gasteiger partial charge in [0.15, 0.2) is 0 Å². The van der Waals surface area contributed by atoms with Crippen LogP contribution in [0, 0.1) is 0 Å². The SMILES string of the molecule is CC.O=C1C[C@@H](c2ccccc2)CN1. The zero-order valence-electron chi connectivity index (χ0n) is 8.79. The highest BCUT2D eigenvalue weighted by atomic mass is 16.1. The average Bonchev–Trinajstić information content (AvgIpc) is 2.69. The molecule has 1 fully saturated rings. The third-order valence-corrected chi connectivity index (χ3v) is 2.25. The molecule has 0 aromatic heterocycles. The number of carbonyl (C=O) groups is 1. The molecular formula is C12H17NO. The molecule has 1 heterocycles. The summed E-state index contributed by atoms with van der Waals surface area (Å²) in [7, 11) is 0. The van der Waals surface area contributed by atoms with Crippen LogP contribution in [0.3, 0.4) is 0 Å². The summed E-state index contributed by atoms with van der Waals surface area (Å²) in [5.74, 6) is 0.558. The minimum Gasteiger partial charge on any atom is -0.355 e. The maximum Gasteiger partial charge on any atom is 0.220 e. The van der Waals surface area contributed by atoms with Gasteiger partial charge in [-0.1, -0.05) is 44.2 Å². The molecule has 0 saturated carbocycles. The summed E-state index contributed by atoms with van der Waals surface area (Å²) < 4.78 is 0. The van der Waals surface area contributed by atoms with Crippen LogP contribution in [0.4, 0.5) is 0 Å². The molecule has 0 aliphatic carbocycles. The topological polar surface area (TPSA) is 29.1 Å². The number of carbonyl (C=O) groups excluding carboxylic acids is 1. The first-order valence-electron chi connectivity index (χ1n) is 5.18. The van der Waals surface area contributed by atoms with Gasteiger partial charge in [-0.25, -0.2) is 0 Å². The largest absolute Gasteiger partial charge is 0.355 e. The Bertz CT molecular complexity index is 282. The molecule has 1 amide bonds. The molecule has 0 bridgehead atoms. The van der Waals surface area contributed by atoms with Crippen molar-refractivity contribution in [3.63, 3.8) is 0 Å². The second-order valence-corrected chi connectivity index (χ2v) is 3.12. The first kappa shape index (κ1) is 10.8. The van der Waals surface area contributed by atoms with Crippen molar-refractivity contribution >= 4 is 5.91 Å². The molecule has 2 rings (SSSR count). The molecule has 14 heavy (non-hydrogen) atoms. The van der Waals surface area contributed by atoms with Gasteiger partial charge in [0, 0.05) is 18.9 Å². The lowest BCUT2D eigenvalue weighted by atomic mass is 9.99. The van der Waals surface area contributed by atoms with Gasteiger partial charge in [0.2, 0.25) is 5.91 Å². The van der Waals surface area contributed by atoms with Crippen LogP contribution in [0.25, 0.3) is 0 Å². The Kier molecular flexibility index (Phi) is 4.17. The third kappa shape index (κ3) is 2.59. The zero-order chi connectivity index (χ0) is 10.4. The van der Waals surface area contributed by atoms with Crippen molar-refractivity contribution in [3.8, 4) is 0 Å². The standard InChI is InChI=1S/C10H11NO.C2H6/c12-10-6-9(7-11-10)8-4-2-1-3-5-8;1-2/h1-5,9H,6-7H2,(H,11,12);1-2H3/t9-;/m1./s1. The Morgan fingerprint density at radius 3 is 2.36 bits per heavy atom. The van der Waals surface area contributed by atoms with Gasteiger partial charge in [-0.05, 0) is 5.56 Å². The summed E-state index contributed by atoms with van der Waals surface area (Å²) in [5.41, 5.74) is 1.26. The first-order valence-corrected chi connectivity index (χ1v) is 5.18. The van der Waals surface area contributed by atoms with Gasteiger partial charge in [-0.3, -0.25) is 4.79 Å². The van der Waals surface area contributed by atoms with E-state index in [1.54, 1.807) is 0 Å². The van der Waals surface area contributed by atoms with Crippen molar-refractivity contribution in [1.82, 2.24) is 5.32 Å². The summed E-state index contributed by atoms with van der Waals surface area (Å²) in [5, 5.41) is 2.83. The summed E-state index contributed by atoms with van der Waals surface area (Å²) in [6.45, 7) is 4.79. The van der Waals surface area contributed by atoms with Gasteiger partial charge in [-0.15, -0.1) is 0 Å². The second kappa shape index (κ2) is 5.43. The molecule has 0 radical (unpaired) electrons. The Labute approximate surface area is 85.3 Å². The van der Waals surface area contributed by atoms with Crippen LogP contribution in [-0.2, 0) is 4.79 Å². The van der Waals surface area contributed by atoms with E-state index >= 15 is 0 Å². The summed E-state index contributed by atoms with van der Waals surface area (Å²) in [6.07, 6.45) is 0.643. The van der Waals surface area contributed by atoms with Gasteiger partial charge >= 0.3 is 0 Å². The molecular weight excluding hydrogens is 174 g/mol. The minimum atomic E-state index is 0.170. The Balaban J connectivity index is 0.000000461. The fourth-order valence-corrected chi connectivity index (χ4v) is 1.57. The van der Waals surface area contributed by atoms with Crippen molar-refractivity contribution in [1.29, 1.82) is 0 Å². The molecule has 1 aromatic rings. The van der Waals surface area contributed by atoms with E-state index in [1.807, 2.05) is 32.0 Å². The molecule has 1 aliphatic rings. The summed E-state index contributed by atoms with van der Waals surface area (Å²) in [6, 6.07) is 10.2. The third-order valence-electron chi connectivity index (χ3n) is 2.25. The quantitative estimate of drug-likeness (QED) is 0.725. The van der Waals surface area contributed by atoms with Gasteiger partial charge in [-0.2, -0.15) is 0 Å². The Morgan fingerprint density at radius 2 is 1.86 bits per heavy atom. The van der Waals surface area contributed by atoms with Crippen LogP contribution < -0.4 is 5.32 Å². The molecule has 1 N–H and O–H groups in total. The van der Waals surface area contributed by atoms with Crippen molar-refractivity contribution in [3.05, 3.63) is 35.9 Å². The summed E-state index contributed by atoms with van der Waals surface area (Å²) >= 11 is 0. The van der Waals surface area contributed by atoms with Gasteiger partial charge in [0.05, 0.1) is 0 Å². The molecule has 1 atom stereocenters. The van der Waals surface area contributed by atoms with E-state index in [0.717, 1.165) is 6.54 Å². The number of hydrogen-bond acceptors (Lipinski definition) is 1. The van der Waals surface area contributed by atoms with Gasteiger partial charge in [0.25, 0.3) is 0 Å². The Hall–Kier alpha value is -1.31. The van der Waals surface area contributed by atoms with E-state index in [4.69, 9.17) is 0 Å². The highest BCUT2D eigenvalue weighted by Crippen LogP contribution is 2.21. The maximum absolute atomic E-state index is 10.9. The fourth-order valence-electron chi connectivity index (χ4n) is 1.57. The monoisotopic (exact) mass is 191 g/mol. The predicted octanol–water partition coefficient (Wildman–Crippen LogP) is 2.32.